The molecule has 1 aromatic rings. The first-order valence-electron chi connectivity index (χ1n) is 10.9. The number of guanidine groups is 1. The molecule has 1 saturated heterocycles. The highest BCUT2D eigenvalue weighted by atomic mass is 16.5. The average molecular weight is 394 g/mol. The average Bonchev–Trinajstić information content (AvgIpc) is 3.19. The second-order valence-corrected chi connectivity index (χ2v) is 7.74. The maximum atomic E-state index is 5.55. The van der Waals surface area contributed by atoms with E-state index in [-0.39, 0.29) is 0 Å². The minimum atomic E-state index is 0.363. The molecule has 0 amide bonds. The molecule has 0 bridgehead atoms. The summed E-state index contributed by atoms with van der Waals surface area (Å²) in [5, 5.41) is 11.0. The number of hydrogen-bond acceptors (Lipinski definition) is 5. The van der Waals surface area contributed by atoms with E-state index in [1.54, 1.807) is 0 Å². The van der Waals surface area contributed by atoms with Gasteiger partial charge in [-0.1, -0.05) is 45.7 Å². The number of ether oxygens (including phenoxy) is 1. The molecule has 0 aromatic carbocycles. The standard InChI is InChI=1S/C21H39N5O2/c1-6-17(7-2)20(26-9-11-27-12-10-26)15-24-21(22-8-3)23-14-18-13-19(16(4)5)25-28-18/h13,16-17,20H,6-12,14-15H2,1-5H3,(H2,22,23,24). The molecule has 1 fully saturated rings. The summed E-state index contributed by atoms with van der Waals surface area (Å²) in [5.74, 6) is 2.65. The molecular formula is C21H39N5O2. The van der Waals surface area contributed by atoms with Crippen LogP contribution >= 0.6 is 0 Å². The van der Waals surface area contributed by atoms with Crippen LogP contribution in [0.2, 0.25) is 0 Å². The normalized spacial score (nSPS) is 17.3. The fourth-order valence-corrected chi connectivity index (χ4v) is 3.71. The number of morpholine rings is 1. The summed E-state index contributed by atoms with van der Waals surface area (Å²) in [6, 6.07) is 2.49. The molecule has 0 aliphatic carbocycles. The molecule has 1 unspecified atom stereocenters. The molecular weight excluding hydrogens is 354 g/mol. The number of aliphatic imine (C=N–C) groups is 1. The molecule has 160 valence electrons. The van der Waals surface area contributed by atoms with Crippen molar-refractivity contribution in [2.45, 2.75) is 66.0 Å². The van der Waals surface area contributed by atoms with E-state index in [0.717, 1.165) is 56.8 Å². The molecule has 1 aromatic heterocycles. The van der Waals surface area contributed by atoms with E-state index in [0.29, 0.717) is 24.4 Å². The van der Waals surface area contributed by atoms with Crippen molar-refractivity contribution in [1.29, 1.82) is 0 Å². The Morgan fingerprint density at radius 2 is 1.89 bits per heavy atom. The van der Waals surface area contributed by atoms with Crippen LogP contribution in [-0.4, -0.2) is 61.5 Å². The van der Waals surface area contributed by atoms with Crippen molar-refractivity contribution in [1.82, 2.24) is 20.7 Å². The van der Waals surface area contributed by atoms with E-state index < -0.39 is 0 Å². The van der Waals surface area contributed by atoms with Crippen molar-refractivity contribution in [3.8, 4) is 0 Å². The zero-order valence-corrected chi connectivity index (χ0v) is 18.3. The fraction of sp³-hybridized carbons (Fsp3) is 0.810. The Hall–Kier alpha value is -1.60. The summed E-state index contributed by atoms with van der Waals surface area (Å²) in [6.45, 7) is 16.8. The Morgan fingerprint density at radius 3 is 2.46 bits per heavy atom. The van der Waals surface area contributed by atoms with Gasteiger partial charge in [-0.3, -0.25) is 4.90 Å². The van der Waals surface area contributed by atoms with Crippen molar-refractivity contribution in [3.63, 3.8) is 0 Å². The van der Waals surface area contributed by atoms with Crippen LogP contribution in [0.1, 0.15) is 64.8 Å². The zero-order chi connectivity index (χ0) is 20.4. The smallest absolute Gasteiger partial charge is 0.191 e. The third-order valence-electron chi connectivity index (χ3n) is 5.49. The Bertz CT molecular complexity index is 577. The lowest BCUT2D eigenvalue weighted by Gasteiger charge is -2.39. The Kier molecular flexibility index (Phi) is 9.78. The maximum Gasteiger partial charge on any atom is 0.191 e. The number of nitrogens with zero attached hydrogens (tertiary/aromatic N) is 3. The number of aromatic nitrogens is 1. The second-order valence-electron chi connectivity index (χ2n) is 7.74. The lowest BCUT2D eigenvalue weighted by molar-refractivity contribution is 0.00272. The Labute approximate surface area is 170 Å². The van der Waals surface area contributed by atoms with Crippen LogP contribution in [0.4, 0.5) is 0 Å². The fourth-order valence-electron chi connectivity index (χ4n) is 3.71. The molecule has 1 aliphatic heterocycles. The molecule has 1 atom stereocenters. The highest BCUT2D eigenvalue weighted by Gasteiger charge is 2.27. The molecule has 2 rings (SSSR count). The maximum absolute atomic E-state index is 5.55. The lowest BCUT2D eigenvalue weighted by Crippen LogP contribution is -2.53. The van der Waals surface area contributed by atoms with Crippen LogP contribution in [0, 0.1) is 5.92 Å². The third kappa shape index (κ3) is 6.78. The van der Waals surface area contributed by atoms with Crippen LogP contribution in [0.3, 0.4) is 0 Å². The van der Waals surface area contributed by atoms with Gasteiger partial charge in [-0.05, 0) is 18.8 Å². The topological polar surface area (TPSA) is 74.9 Å². The van der Waals surface area contributed by atoms with Gasteiger partial charge in [0, 0.05) is 38.3 Å². The summed E-state index contributed by atoms with van der Waals surface area (Å²) < 4.78 is 11.0. The van der Waals surface area contributed by atoms with E-state index in [2.05, 4.69) is 55.3 Å². The molecule has 7 heteroatoms. The van der Waals surface area contributed by atoms with Gasteiger partial charge < -0.3 is 19.9 Å². The quantitative estimate of drug-likeness (QED) is 0.470. The van der Waals surface area contributed by atoms with E-state index in [9.17, 15) is 0 Å². The minimum Gasteiger partial charge on any atom is -0.379 e. The largest absolute Gasteiger partial charge is 0.379 e. The van der Waals surface area contributed by atoms with Crippen LogP contribution < -0.4 is 10.6 Å². The monoisotopic (exact) mass is 393 g/mol. The molecule has 0 spiro atoms. The predicted octanol–water partition coefficient (Wildman–Crippen LogP) is 2.99. The molecule has 28 heavy (non-hydrogen) atoms. The van der Waals surface area contributed by atoms with Gasteiger partial charge in [0.25, 0.3) is 0 Å². The molecule has 2 N–H and O–H groups in total. The number of hydrogen-bond donors (Lipinski definition) is 2. The van der Waals surface area contributed by atoms with Crippen molar-refractivity contribution in [2.24, 2.45) is 10.9 Å². The van der Waals surface area contributed by atoms with Crippen molar-refractivity contribution < 1.29 is 9.26 Å². The first-order valence-corrected chi connectivity index (χ1v) is 10.9. The number of rotatable bonds is 10. The van der Waals surface area contributed by atoms with Gasteiger partial charge >= 0.3 is 0 Å². The van der Waals surface area contributed by atoms with E-state index in [1.807, 2.05) is 6.07 Å². The summed E-state index contributed by atoms with van der Waals surface area (Å²) in [7, 11) is 0. The highest BCUT2D eigenvalue weighted by molar-refractivity contribution is 5.79. The number of nitrogens with one attached hydrogen (secondary N) is 2. The third-order valence-corrected chi connectivity index (χ3v) is 5.49. The van der Waals surface area contributed by atoms with Gasteiger partial charge in [-0.2, -0.15) is 0 Å². The SMILES string of the molecule is CCNC(=NCc1cc(C(C)C)no1)NCC(C(CC)CC)N1CCOCC1. The molecule has 0 saturated carbocycles. The summed E-state index contributed by atoms with van der Waals surface area (Å²) in [4.78, 5) is 7.27. The molecule has 1 aliphatic rings. The highest BCUT2D eigenvalue weighted by Crippen LogP contribution is 2.19. The van der Waals surface area contributed by atoms with Gasteiger partial charge in [0.2, 0.25) is 0 Å². The van der Waals surface area contributed by atoms with Crippen LogP contribution in [0.5, 0.6) is 0 Å². The molecule has 7 nitrogen and oxygen atoms in total. The van der Waals surface area contributed by atoms with Gasteiger partial charge in [0.15, 0.2) is 11.7 Å². The van der Waals surface area contributed by atoms with Gasteiger partial charge in [-0.25, -0.2) is 4.99 Å². The first-order chi connectivity index (χ1) is 13.6. The molecule has 0 radical (unpaired) electrons. The van der Waals surface area contributed by atoms with Crippen molar-refractivity contribution in [3.05, 3.63) is 17.5 Å². The molecule has 2 heterocycles. The van der Waals surface area contributed by atoms with E-state index >= 15 is 0 Å². The zero-order valence-electron chi connectivity index (χ0n) is 18.3. The van der Waals surface area contributed by atoms with E-state index in [4.69, 9.17) is 14.3 Å². The predicted molar refractivity (Wildman–Crippen MR) is 114 cm³/mol. The minimum absolute atomic E-state index is 0.363. The van der Waals surface area contributed by atoms with Crippen molar-refractivity contribution >= 4 is 5.96 Å². The van der Waals surface area contributed by atoms with Crippen molar-refractivity contribution in [2.75, 3.05) is 39.4 Å². The van der Waals surface area contributed by atoms with Crippen LogP contribution in [0.15, 0.2) is 15.6 Å². The summed E-state index contributed by atoms with van der Waals surface area (Å²) >= 11 is 0. The van der Waals surface area contributed by atoms with E-state index in [1.165, 1.54) is 12.8 Å². The van der Waals surface area contributed by atoms with Crippen LogP contribution in [0.25, 0.3) is 0 Å². The van der Waals surface area contributed by atoms with Gasteiger partial charge in [0.1, 0.15) is 6.54 Å². The second kappa shape index (κ2) is 12.1. The summed E-state index contributed by atoms with van der Waals surface area (Å²) in [5.41, 5.74) is 0.976. The lowest BCUT2D eigenvalue weighted by atomic mass is 9.92. The van der Waals surface area contributed by atoms with Gasteiger partial charge in [0.05, 0.1) is 18.9 Å². The van der Waals surface area contributed by atoms with Crippen LogP contribution in [-0.2, 0) is 11.3 Å². The Balaban J connectivity index is 2.00. The summed E-state index contributed by atoms with van der Waals surface area (Å²) in [6.07, 6.45) is 2.37. The first kappa shape index (κ1) is 22.7. The Morgan fingerprint density at radius 1 is 1.18 bits per heavy atom. The van der Waals surface area contributed by atoms with Gasteiger partial charge in [-0.15, -0.1) is 0 Å².